The predicted octanol–water partition coefficient (Wildman–Crippen LogP) is 2.23. The molecule has 1 saturated carbocycles. The van der Waals surface area contributed by atoms with Crippen LogP contribution in [0.1, 0.15) is 36.5 Å². The molecule has 0 radical (unpaired) electrons. The Labute approximate surface area is 125 Å². The van der Waals surface area contributed by atoms with Gasteiger partial charge in [-0.3, -0.25) is 4.79 Å². The highest BCUT2D eigenvalue weighted by molar-refractivity contribution is 8.00. The SMILES string of the molecule is C[C@H](Sc1nnc(Cc2cccs2)n1C1CC1)C(N)=O. The molecule has 0 saturated heterocycles. The smallest absolute Gasteiger partial charge is 0.230 e. The number of thioether (sulfide) groups is 1. The molecule has 5 nitrogen and oxygen atoms in total. The van der Waals surface area contributed by atoms with Gasteiger partial charge in [0.05, 0.1) is 5.25 Å². The van der Waals surface area contributed by atoms with Crippen molar-refractivity contribution in [1.29, 1.82) is 0 Å². The molecular formula is C13H16N4OS2. The number of amides is 1. The minimum atomic E-state index is -0.319. The predicted molar refractivity (Wildman–Crippen MR) is 79.9 cm³/mol. The molecule has 0 aromatic carbocycles. The maximum Gasteiger partial charge on any atom is 0.230 e. The number of thiophene rings is 1. The van der Waals surface area contributed by atoms with Crippen LogP contribution in [-0.4, -0.2) is 25.9 Å². The Morgan fingerprint density at radius 3 is 3.00 bits per heavy atom. The van der Waals surface area contributed by atoms with E-state index < -0.39 is 0 Å². The number of nitrogens with two attached hydrogens (primary N) is 1. The minimum Gasteiger partial charge on any atom is -0.369 e. The van der Waals surface area contributed by atoms with Crippen LogP contribution in [0, 0.1) is 0 Å². The summed E-state index contributed by atoms with van der Waals surface area (Å²) in [7, 11) is 0. The lowest BCUT2D eigenvalue weighted by Gasteiger charge is -2.10. The summed E-state index contributed by atoms with van der Waals surface area (Å²) in [5.74, 6) is 0.661. The molecule has 106 valence electrons. The summed E-state index contributed by atoms with van der Waals surface area (Å²) < 4.78 is 2.18. The van der Waals surface area contributed by atoms with Crippen LogP contribution in [0.5, 0.6) is 0 Å². The lowest BCUT2D eigenvalue weighted by Crippen LogP contribution is -2.23. The first kappa shape index (κ1) is 13.6. The number of primary amides is 1. The molecule has 1 aliphatic rings. The lowest BCUT2D eigenvalue weighted by molar-refractivity contribution is -0.117. The Morgan fingerprint density at radius 2 is 2.40 bits per heavy atom. The third-order valence-electron chi connectivity index (χ3n) is 3.24. The zero-order valence-corrected chi connectivity index (χ0v) is 12.8. The first-order valence-electron chi connectivity index (χ1n) is 6.57. The van der Waals surface area contributed by atoms with Crippen LogP contribution in [0.25, 0.3) is 0 Å². The molecular weight excluding hydrogens is 292 g/mol. The summed E-state index contributed by atoms with van der Waals surface area (Å²) in [5, 5.41) is 11.2. The normalized spacial score (nSPS) is 16.2. The highest BCUT2D eigenvalue weighted by Gasteiger charge is 2.30. The first-order valence-corrected chi connectivity index (χ1v) is 8.33. The summed E-state index contributed by atoms with van der Waals surface area (Å²) in [5.41, 5.74) is 5.33. The zero-order chi connectivity index (χ0) is 14.1. The van der Waals surface area contributed by atoms with Gasteiger partial charge in [-0.25, -0.2) is 0 Å². The second-order valence-corrected chi connectivity index (χ2v) is 7.26. The molecule has 0 bridgehead atoms. The maximum absolute atomic E-state index is 11.2. The topological polar surface area (TPSA) is 73.8 Å². The fraction of sp³-hybridized carbons (Fsp3) is 0.462. The minimum absolute atomic E-state index is 0.286. The van der Waals surface area contributed by atoms with E-state index >= 15 is 0 Å². The molecule has 3 rings (SSSR count). The fourth-order valence-corrected chi connectivity index (χ4v) is 3.58. The Morgan fingerprint density at radius 1 is 1.60 bits per heavy atom. The number of hydrogen-bond donors (Lipinski definition) is 1. The first-order chi connectivity index (χ1) is 9.65. The van der Waals surface area contributed by atoms with Crippen LogP contribution in [-0.2, 0) is 11.2 Å². The van der Waals surface area contributed by atoms with Gasteiger partial charge in [-0.15, -0.1) is 21.5 Å². The Bertz CT molecular complexity index is 604. The summed E-state index contributed by atoms with van der Waals surface area (Å²) in [6, 6.07) is 4.64. The van der Waals surface area contributed by atoms with Crippen molar-refractivity contribution in [1.82, 2.24) is 14.8 Å². The highest BCUT2D eigenvalue weighted by Crippen LogP contribution is 2.39. The van der Waals surface area contributed by atoms with Gasteiger partial charge in [-0.05, 0) is 31.2 Å². The summed E-state index contributed by atoms with van der Waals surface area (Å²) in [4.78, 5) is 12.5. The molecule has 2 aromatic heterocycles. The van der Waals surface area contributed by atoms with E-state index in [1.165, 1.54) is 16.6 Å². The van der Waals surface area contributed by atoms with Gasteiger partial charge < -0.3 is 10.3 Å². The number of hydrogen-bond acceptors (Lipinski definition) is 5. The van der Waals surface area contributed by atoms with E-state index in [1.807, 2.05) is 6.07 Å². The maximum atomic E-state index is 11.2. The van der Waals surface area contributed by atoms with Gasteiger partial charge in [0.15, 0.2) is 5.16 Å². The van der Waals surface area contributed by atoms with Gasteiger partial charge in [-0.1, -0.05) is 17.8 Å². The second-order valence-electron chi connectivity index (χ2n) is 4.92. The Hall–Kier alpha value is -1.34. The van der Waals surface area contributed by atoms with Crippen molar-refractivity contribution in [3.63, 3.8) is 0 Å². The van der Waals surface area contributed by atoms with E-state index in [0.29, 0.717) is 6.04 Å². The molecule has 1 fully saturated rings. The fourth-order valence-electron chi connectivity index (χ4n) is 1.99. The van der Waals surface area contributed by atoms with Gasteiger partial charge in [-0.2, -0.15) is 0 Å². The summed E-state index contributed by atoms with van der Waals surface area (Å²) >= 11 is 3.12. The molecule has 0 aliphatic heterocycles. The lowest BCUT2D eigenvalue weighted by atomic mass is 10.3. The van der Waals surface area contributed by atoms with E-state index in [9.17, 15) is 4.79 Å². The number of rotatable bonds is 6. The van der Waals surface area contributed by atoms with Crippen molar-refractivity contribution in [2.75, 3.05) is 0 Å². The third-order valence-corrected chi connectivity index (χ3v) is 5.19. The monoisotopic (exact) mass is 308 g/mol. The van der Waals surface area contributed by atoms with E-state index in [2.05, 4.69) is 26.2 Å². The van der Waals surface area contributed by atoms with Crippen molar-refractivity contribution in [2.24, 2.45) is 5.73 Å². The molecule has 2 heterocycles. The van der Waals surface area contributed by atoms with Crippen molar-refractivity contribution in [3.8, 4) is 0 Å². The van der Waals surface area contributed by atoms with Crippen molar-refractivity contribution < 1.29 is 4.79 Å². The number of carbonyl (C=O) groups excluding carboxylic acids is 1. The average Bonchev–Trinajstić information content (AvgIpc) is 2.97. The van der Waals surface area contributed by atoms with Gasteiger partial charge in [0, 0.05) is 17.3 Å². The van der Waals surface area contributed by atoms with Crippen LogP contribution in [0.2, 0.25) is 0 Å². The van der Waals surface area contributed by atoms with Crippen LogP contribution in [0.4, 0.5) is 0 Å². The van der Waals surface area contributed by atoms with Crippen molar-refractivity contribution in [3.05, 3.63) is 28.2 Å². The zero-order valence-electron chi connectivity index (χ0n) is 11.2. The summed E-state index contributed by atoms with van der Waals surface area (Å²) in [6.45, 7) is 1.80. The third kappa shape index (κ3) is 2.88. The molecule has 7 heteroatoms. The number of nitrogens with zero attached hydrogens (tertiary/aromatic N) is 3. The van der Waals surface area contributed by atoms with Gasteiger partial charge in [0.1, 0.15) is 5.82 Å². The summed E-state index contributed by atoms with van der Waals surface area (Å²) in [6.07, 6.45) is 3.12. The standard InChI is InChI=1S/C13H16N4OS2/c1-8(12(14)18)20-13-16-15-11(17(13)9-4-5-9)7-10-3-2-6-19-10/h2-3,6,8-9H,4-5,7H2,1H3,(H2,14,18)/t8-/m0/s1. The molecule has 1 atom stereocenters. The van der Waals surface area contributed by atoms with Crippen molar-refractivity contribution >= 4 is 29.0 Å². The molecule has 1 amide bonds. The van der Waals surface area contributed by atoms with Crippen LogP contribution >= 0.6 is 23.1 Å². The molecule has 2 N–H and O–H groups in total. The van der Waals surface area contributed by atoms with Crippen LogP contribution < -0.4 is 5.73 Å². The van der Waals surface area contributed by atoms with Gasteiger partial charge in [0.25, 0.3) is 0 Å². The molecule has 0 unspecified atom stereocenters. The van der Waals surface area contributed by atoms with Gasteiger partial charge in [0.2, 0.25) is 5.91 Å². The second kappa shape index (κ2) is 5.57. The van der Waals surface area contributed by atoms with E-state index in [0.717, 1.165) is 30.2 Å². The Kier molecular flexibility index (Phi) is 3.80. The van der Waals surface area contributed by atoms with E-state index in [4.69, 9.17) is 5.73 Å². The molecule has 20 heavy (non-hydrogen) atoms. The van der Waals surface area contributed by atoms with Crippen LogP contribution in [0.3, 0.4) is 0 Å². The average molecular weight is 308 g/mol. The Balaban J connectivity index is 1.84. The van der Waals surface area contributed by atoms with Crippen molar-refractivity contribution in [2.45, 2.75) is 42.6 Å². The quantitative estimate of drug-likeness (QED) is 0.831. The number of aromatic nitrogens is 3. The molecule has 2 aromatic rings. The van der Waals surface area contributed by atoms with Crippen LogP contribution in [0.15, 0.2) is 22.7 Å². The number of carbonyl (C=O) groups is 1. The van der Waals surface area contributed by atoms with E-state index in [1.54, 1.807) is 18.3 Å². The van der Waals surface area contributed by atoms with Gasteiger partial charge >= 0.3 is 0 Å². The largest absolute Gasteiger partial charge is 0.369 e. The molecule has 0 spiro atoms. The molecule has 1 aliphatic carbocycles. The highest BCUT2D eigenvalue weighted by atomic mass is 32.2. The van der Waals surface area contributed by atoms with E-state index in [-0.39, 0.29) is 11.2 Å².